The van der Waals surface area contributed by atoms with Crippen LogP contribution in [0.25, 0.3) is 10.8 Å². The summed E-state index contributed by atoms with van der Waals surface area (Å²) >= 11 is 0. The Hall–Kier alpha value is -3.79. The normalized spacial score (nSPS) is 11.2. The summed E-state index contributed by atoms with van der Waals surface area (Å²) in [6.07, 6.45) is 0.850. The van der Waals surface area contributed by atoms with Crippen LogP contribution in [0.2, 0.25) is 0 Å². The van der Waals surface area contributed by atoms with Crippen molar-refractivity contribution in [1.29, 1.82) is 0 Å². The predicted molar refractivity (Wildman–Crippen MR) is 125 cm³/mol. The molecule has 4 rings (SSSR count). The molecular formula is C26H21NO4S. The number of primary sulfonamides is 1. The molecule has 0 aliphatic carbocycles. The number of aromatic hydroxyl groups is 2. The number of fused-ring (bicyclic) bond motifs is 1. The third-order valence-electron chi connectivity index (χ3n) is 5.20. The summed E-state index contributed by atoms with van der Waals surface area (Å²) < 4.78 is 22.7. The van der Waals surface area contributed by atoms with E-state index in [0.29, 0.717) is 23.8 Å². The molecule has 0 aliphatic rings. The van der Waals surface area contributed by atoms with Crippen LogP contribution < -0.4 is 5.14 Å². The molecule has 4 N–H and O–H groups in total. The van der Waals surface area contributed by atoms with E-state index < -0.39 is 10.0 Å². The number of nitrogens with two attached hydrogens (primary N) is 1. The van der Waals surface area contributed by atoms with Crippen LogP contribution in [-0.4, -0.2) is 18.6 Å². The molecule has 160 valence electrons. The topological polar surface area (TPSA) is 101 Å². The van der Waals surface area contributed by atoms with E-state index in [9.17, 15) is 18.6 Å². The maximum absolute atomic E-state index is 11.3. The summed E-state index contributed by atoms with van der Waals surface area (Å²) in [5.41, 5.74) is 3.06. The minimum absolute atomic E-state index is 0.0473. The smallest absolute Gasteiger partial charge is 0.238 e. The molecule has 4 aromatic rings. The molecule has 0 fully saturated rings. The number of phenolic OH excluding ortho intramolecular Hbond substituents is 2. The molecule has 6 heteroatoms. The second-order valence-corrected chi connectivity index (χ2v) is 9.05. The van der Waals surface area contributed by atoms with E-state index in [-0.39, 0.29) is 16.4 Å². The first-order valence-corrected chi connectivity index (χ1v) is 11.5. The summed E-state index contributed by atoms with van der Waals surface area (Å²) in [4.78, 5) is 0.0637. The predicted octanol–water partition coefficient (Wildman–Crippen LogP) is 4.08. The van der Waals surface area contributed by atoms with Crippen LogP contribution >= 0.6 is 0 Å². The first-order valence-electron chi connectivity index (χ1n) is 9.93. The quantitative estimate of drug-likeness (QED) is 0.414. The van der Waals surface area contributed by atoms with E-state index in [1.54, 1.807) is 24.3 Å². The zero-order valence-electron chi connectivity index (χ0n) is 17.1. The van der Waals surface area contributed by atoms with Crippen molar-refractivity contribution in [3.8, 4) is 23.3 Å². The lowest BCUT2D eigenvalue weighted by Crippen LogP contribution is -2.11. The van der Waals surface area contributed by atoms with Gasteiger partial charge in [0.15, 0.2) is 0 Å². The summed E-state index contributed by atoms with van der Waals surface area (Å²) in [6.45, 7) is 0. The van der Waals surface area contributed by atoms with Crippen molar-refractivity contribution >= 4 is 20.8 Å². The molecule has 0 saturated carbocycles. The van der Waals surface area contributed by atoms with Crippen molar-refractivity contribution in [3.05, 3.63) is 101 Å². The van der Waals surface area contributed by atoms with Gasteiger partial charge >= 0.3 is 0 Å². The molecule has 0 atom stereocenters. The van der Waals surface area contributed by atoms with E-state index in [1.165, 1.54) is 12.1 Å². The van der Waals surface area contributed by atoms with Crippen LogP contribution in [0.3, 0.4) is 0 Å². The number of hydrogen-bond donors (Lipinski definition) is 3. The number of hydrogen-bond acceptors (Lipinski definition) is 4. The van der Waals surface area contributed by atoms with Gasteiger partial charge in [0.2, 0.25) is 10.0 Å². The van der Waals surface area contributed by atoms with E-state index >= 15 is 0 Å². The maximum Gasteiger partial charge on any atom is 0.238 e. The van der Waals surface area contributed by atoms with Crippen molar-refractivity contribution in [2.75, 3.05) is 0 Å². The van der Waals surface area contributed by atoms with Gasteiger partial charge in [-0.2, -0.15) is 0 Å². The van der Waals surface area contributed by atoms with Crippen LogP contribution in [0, 0.1) is 11.8 Å². The van der Waals surface area contributed by atoms with Gasteiger partial charge < -0.3 is 10.2 Å². The fourth-order valence-electron chi connectivity index (χ4n) is 3.50. The molecule has 0 heterocycles. The Morgan fingerprint density at radius 3 is 2.25 bits per heavy atom. The number of benzene rings is 4. The van der Waals surface area contributed by atoms with Gasteiger partial charge in [-0.1, -0.05) is 60.4 Å². The molecule has 0 bridgehead atoms. The van der Waals surface area contributed by atoms with Crippen LogP contribution in [0.1, 0.15) is 22.3 Å². The lowest BCUT2D eigenvalue weighted by Gasteiger charge is -2.11. The van der Waals surface area contributed by atoms with Gasteiger partial charge in [-0.05, 0) is 46.8 Å². The number of sulfonamides is 1. The highest BCUT2D eigenvalue weighted by Crippen LogP contribution is 2.37. The number of phenols is 2. The molecular weight excluding hydrogens is 422 g/mol. The summed E-state index contributed by atoms with van der Waals surface area (Å²) in [5.74, 6) is 6.24. The molecule has 0 amide bonds. The van der Waals surface area contributed by atoms with Crippen molar-refractivity contribution in [3.63, 3.8) is 0 Å². The van der Waals surface area contributed by atoms with Gasteiger partial charge in [0, 0.05) is 29.4 Å². The highest BCUT2D eigenvalue weighted by atomic mass is 32.2. The highest BCUT2D eigenvalue weighted by molar-refractivity contribution is 7.89. The van der Waals surface area contributed by atoms with Gasteiger partial charge in [-0.25, -0.2) is 13.6 Å². The Labute approximate surface area is 186 Å². The largest absolute Gasteiger partial charge is 0.507 e. The van der Waals surface area contributed by atoms with E-state index in [0.717, 1.165) is 22.1 Å². The standard InChI is InChI=1S/C26H21NO4S/c27-32(30,31)22-13-10-18(11-14-22)7-4-8-20-9-12-21-17-25(28)24(26(29)23(21)15-20)16-19-5-2-1-3-6-19/h1-3,5-6,9-15,17,28-29H,7,16H2,(H2,27,30,31). The average molecular weight is 444 g/mol. The minimum Gasteiger partial charge on any atom is -0.507 e. The maximum atomic E-state index is 11.3. The van der Waals surface area contributed by atoms with E-state index in [2.05, 4.69) is 11.8 Å². The Bertz CT molecular complexity index is 1450. The molecule has 4 aromatic carbocycles. The highest BCUT2D eigenvalue weighted by Gasteiger charge is 2.13. The second-order valence-electron chi connectivity index (χ2n) is 7.49. The Balaban J connectivity index is 1.59. The average Bonchev–Trinajstić information content (AvgIpc) is 2.77. The lowest BCUT2D eigenvalue weighted by molar-refractivity contribution is 0.445. The van der Waals surface area contributed by atoms with Crippen molar-refractivity contribution in [1.82, 2.24) is 0 Å². The molecule has 0 unspecified atom stereocenters. The van der Waals surface area contributed by atoms with Crippen molar-refractivity contribution in [2.45, 2.75) is 17.7 Å². The van der Waals surface area contributed by atoms with Gasteiger partial charge in [-0.15, -0.1) is 0 Å². The molecule has 0 aromatic heterocycles. The minimum atomic E-state index is -3.71. The van der Waals surface area contributed by atoms with Crippen LogP contribution in [0.4, 0.5) is 0 Å². The molecule has 0 saturated heterocycles. The first-order chi connectivity index (χ1) is 15.3. The van der Waals surface area contributed by atoms with Gasteiger partial charge in [0.05, 0.1) is 4.90 Å². The van der Waals surface area contributed by atoms with Crippen LogP contribution in [0.5, 0.6) is 11.5 Å². The Morgan fingerprint density at radius 2 is 1.56 bits per heavy atom. The molecule has 32 heavy (non-hydrogen) atoms. The van der Waals surface area contributed by atoms with Crippen molar-refractivity contribution in [2.24, 2.45) is 5.14 Å². The Kier molecular flexibility index (Phi) is 5.87. The van der Waals surface area contributed by atoms with E-state index in [4.69, 9.17) is 5.14 Å². The monoisotopic (exact) mass is 443 g/mol. The summed E-state index contributed by atoms with van der Waals surface area (Å²) in [5, 5.41) is 27.7. The lowest BCUT2D eigenvalue weighted by atomic mass is 9.97. The second kappa shape index (κ2) is 8.75. The van der Waals surface area contributed by atoms with Crippen LogP contribution in [-0.2, 0) is 22.9 Å². The summed E-state index contributed by atoms with van der Waals surface area (Å²) in [7, 11) is -3.71. The fourth-order valence-corrected chi connectivity index (χ4v) is 4.02. The summed E-state index contributed by atoms with van der Waals surface area (Å²) in [6, 6.07) is 23.0. The molecule has 0 aliphatic heterocycles. The molecule has 5 nitrogen and oxygen atoms in total. The van der Waals surface area contributed by atoms with E-state index in [1.807, 2.05) is 42.5 Å². The third kappa shape index (κ3) is 4.75. The third-order valence-corrected chi connectivity index (χ3v) is 6.13. The zero-order chi connectivity index (χ0) is 22.7. The zero-order valence-corrected chi connectivity index (χ0v) is 17.9. The fraction of sp³-hybridized carbons (Fsp3) is 0.0769. The number of rotatable bonds is 4. The van der Waals surface area contributed by atoms with Gasteiger partial charge in [0.25, 0.3) is 0 Å². The van der Waals surface area contributed by atoms with Gasteiger partial charge in [0.1, 0.15) is 11.5 Å². The Morgan fingerprint density at radius 1 is 0.844 bits per heavy atom. The SMILES string of the molecule is NS(=O)(=O)c1ccc(CC#Cc2ccc3cc(O)c(Cc4ccccc4)c(O)c3c2)cc1. The molecule has 0 spiro atoms. The van der Waals surface area contributed by atoms with Gasteiger partial charge in [-0.3, -0.25) is 0 Å². The van der Waals surface area contributed by atoms with Crippen LogP contribution in [0.15, 0.2) is 83.8 Å². The van der Waals surface area contributed by atoms with Crippen molar-refractivity contribution < 1.29 is 18.6 Å². The molecule has 0 radical (unpaired) electrons. The first kappa shape index (κ1) is 21.4.